The first kappa shape index (κ1) is 24.6. The van der Waals surface area contributed by atoms with Gasteiger partial charge in [0.1, 0.15) is 6.10 Å². The molecule has 4 saturated heterocycles. The minimum Gasteiger partial charge on any atom is -0.458 e. The van der Waals surface area contributed by atoms with Crippen LogP contribution in [0, 0.1) is 34.5 Å². The number of carbonyl (C=O) groups is 4. The van der Waals surface area contributed by atoms with Crippen molar-refractivity contribution in [2.24, 2.45) is 34.5 Å². The molecule has 0 aromatic rings. The van der Waals surface area contributed by atoms with Crippen LogP contribution < -0.4 is 0 Å². The molecule has 204 valence electrons. The molecule has 5 fully saturated rings. The molecular formula is C28H32O10. The van der Waals surface area contributed by atoms with E-state index in [1.54, 1.807) is 26.8 Å². The van der Waals surface area contributed by atoms with Gasteiger partial charge in [-0.1, -0.05) is 31.6 Å². The molecule has 0 radical (unpaired) electrons. The summed E-state index contributed by atoms with van der Waals surface area (Å²) < 4.78 is 18.0. The van der Waals surface area contributed by atoms with E-state index in [0.29, 0.717) is 12.0 Å². The molecule has 1 spiro atoms. The van der Waals surface area contributed by atoms with Gasteiger partial charge in [0.05, 0.1) is 29.3 Å². The van der Waals surface area contributed by atoms with Crippen LogP contribution in [0.2, 0.25) is 0 Å². The number of rotatable bonds is 0. The molecular weight excluding hydrogens is 496 g/mol. The maximum absolute atomic E-state index is 14.6. The number of allylic oxidation sites excluding steroid dienone is 3. The Balaban J connectivity index is 1.52. The Hall–Kier alpha value is -2.40. The van der Waals surface area contributed by atoms with Gasteiger partial charge in [-0.15, -0.1) is 0 Å². The fourth-order valence-electron chi connectivity index (χ4n) is 9.51. The number of carbonyl (C=O) groups excluding carboxylic acids is 4. The Morgan fingerprint density at radius 2 is 1.79 bits per heavy atom. The Morgan fingerprint density at radius 3 is 2.50 bits per heavy atom. The summed E-state index contributed by atoms with van der Waals surface area (Å²) in [6.45, 7) is 6.53. The molecule has 7 rings (SSSR count). The van der Waals surface area contributed by atoms with E-state index < -0.39 is 87.0 Å². The third kappa shape index (κ3) is 2.19. The number of ketones is 2. The summed E-state index contributed by atoms with van der Waals surface area (Å²) in [5, 5.41) is 36.1. The Labute approximate surface area is 219 Å². The van der Waals surface area contributed by atoms with Crippen molar-refractivity contribution in [2.45, 2.75) is 88.2 Å². The molecule has 0 aromatic carbocycles. The van der Waals surface area contributed by atoms with Crippen LogP contribution in [0.1, 0.15) is 53.4 Å². The van der Waals surface area contributed by atoms with E-state index in [-0.39, 0.29) is 25.0 Å². The van der Waals surface area contributed by atoms with Crippen molar-refractivity contribution < 1.29 is 48.7 Å². The fraction of sp³-hybridized carbons (Fsp3) is 0.714. The van der Waals surface area contributed by atoms with Crippen molar-refractivity contribution in [3.8, 4) is 0 Å². The molecule has 4 bridgehead atoms. The molecule has 1 saturated carbocycles. The fourth-order valence-corrected chi connectivity index (χ4v) is 9.51. The number of Topliss-reactive ketones (excluding diaryl/α,β-unsaturated/α-hetero) is 1. The molecule has 3 N–H and O–H groups in total. The summed E-state index contributed by atoms with van der Waals surface area (Å²) in [5.74, 6) is -9.59. The molecule has 7 aliphatic rings. The Bertz CT molecular complexity index is 1300. The topological polar surface area (TPSA) is 157 Å². The van der Waals surface area contributed by atoms with Crippen molar-refractivity contribution in [3.63, 3.8) is 0 Å². The first-order chi connectivity index (χ1) is 17.6. The van der Waals surface area contributed by atoms with E-state index in [1.807, 2.05) is 0 Å². The summed E-state index contributed by atoms with van der Waals surface area (Å²) >= 11 is 0. The van der Waals surface area contributed by atoms with Crippen LogP contribution in [0.3, 0.4) is 0 Å². The maximum Gasteiger partial charge on any atom is 0.342 e. The smallest absolute Gasteiger partial charge is 0.342 e. The van der Waals surface area contributed by atoms with Gasteiger partial charge in [0.2, 0.25) is 5.79 Å². The normalized spacial score (nSPS) is 58.1. The predicted octanol–water partition coefficient (Wildman–Crippen LogP) is 0.510. The van der Waals surface area contributed by atoms with Crippen LogP contribution in [-0.2, 0) is 33.4 Å². The summed E-state index contributed by atoms with van der Waals surface area (Å²) in [6, 6.07) is 0. The second-order valence-electron chi connectivity index (χ2n) is 13.1. The van der Waals surface area contributed by atoms with Gasteiger partial charge in [-0.3, -0.25) is 14.4 Å². The van der Waals surface area contributed by atoms with E-state index in [1.165, 1.54) is 19.1 Å². The third-order valence-corrected chi connectivity index (χ3v) is 11.8. The van der Waals surface area contributed by atoms with Crippen molar-refractivity contribution in [1.29, 1.82) is 0 Å². The van der Waals surface area contributed by atoms with Gasteiger partial charge in [0, 0.05) is 0 Å². The highest BCUT2D eigenvalue weighted by atomic mass is 16.7. The van der Waals surface area contributed by atoms with Crippen molar-refractivity contribution in [1.82, 2.24) is 0 Å². The second kappa shape index (κ2) is 6.66. The Kier molecular flexibility index (Phi) is 4.31. The van der Waals surface area contributed by atoms with Crippen LogP contribution in [0.25, 0.3) is 0 Å². The SMILES string of the molecule is C[C@@H]1C(=O)O[C@@H]2C[C@@]1(C)[C@@H]1C(=O)C3(O)OC14C2(C)OC(=O)[C@@]4(O)CCC1C3C(O)C=C2CC=CC(=O)[C@@]21C. The molecule has 10 nitrogen and oxygen atoms in total. The molecule has 0 aromatic heterocycles. The average Bonchev–Trinajstić information content (AvgIpc) is 3.19. The number of aliphatic hydroxyl groups excluding tert-OH is 1. The molecule has 4 aliphatic heterocycles. The number of ether oxygens (including phenoxy) is 3. The number of fused-ring (bicyclic) bond motifs is 9. The lowest BCUT2D eigenvalue weighted by molar-refractivity contribution is -0.350. The molecule has 10 heteroatoms. The van der Waals surface area contributed by atoms with Gasteiger partial charge in [-0.05, 0) is 56.9 Å². The summed E-state index contributed by atoms with van der Waals surface area (Å²) in [7, 11) is 0. The zero-order valence-electron chi connectivity index (χ0n) is 21.7. The summed E-state index contributed by atoms with van der Waals surface area (Å²) in [5.41, 5.74) is -7.93. The molecule has 6 unspecified atom stereocenters. The standard InChI is InChI=1S/C28H32O10/c1-12-21(32)36-17-11-23(12,2)19-20(31)27(35)18-14(24(3)13(10-15(18)29)6-5-7-16(24)30)8-9-26(34)22(33)37-25(17,4)28(19,26)38-27/h5,7,10,12,14-15,17-19,29,34-35H,6,8-9,11H2,1-4H3/t12-,14?,15?,17-,18?,19+,23-,24+,25?,26+,27?,28?/m1/s1. The number of esters is 2. The van der Waals surface area contributed by atoms with Crippen molar-refractivity contribution >= 4 is 23.5 Å². The van der Waals surface area contributed by atoms with E-state index in [4.69, 9.17) is 14.2 Å². The Morgan fingerprint density at radius 1 is 1.08 bits per heavy atom. The highest BCUT2D eigenvalue weighted by molar-refractivity contribution is 6.01. The maximum atomic E-state index is 14.6. The van der Waals surface area contributed by atoms with Crippen LogP contribution in [-0.4, -0.2) is 73.6 Å². The van der Waals surface area contributed by atoms with Crippen LogP contribution in [0.15, 0.2) is 23.8 Å². The summed E-state index contributed by atoms with van der Waals surface area (Å²) in [4.78, 5) is 54.6. The minimum atomic E-state index is -2.67. The average molecular weight is 529 g/mol. The zero-order chi connectivity index (χ0) is 27.4. The van der Waals surface area contributed by atoms with Crippen LogP contribution in [0.4, 0.5) is 0 Å². The molecule has 4 heterocycles. The van der Waals surface area contributed by atoms with Gasteiger partial charge in [-0.25, -0.2) is 4.79 Å². The second-order valence-corrected chi connectivity index (χ2v) is 13.1. The van der Waals surface area contributed by atoms with Crippen molar-refractivity contribution in [3.05, 3.63) is 23.8 Å². The van der Waals surface area contributed by atoms with Gasteiger partial charge in [-0.2, -0.15) is 0 Å². The van der Waals surface area contributed by atoms with Crippen molar-refractivity contribution in [2.75, 3.05) is 0 Å². The lowest BCUT2D eigenvalue weighted by atomic mass is 9.46. The van der Waals surface area contributed by atoms with Crippen LogP contribution >= 0.6 is 0 Å². The van der Waals surface area contributed by atoms with E-state index in [0.717, 1.165) is 0 Å². The lowest BCUT2D eigenvalue weighted by Crippen LogP contribution is -2.78. The highest BCUT2D eigenvalue weighted by Crippen LogP contribution is 2.73. The predicted molar refractivity (Wildman–Crippen MR) is 126 cm³/mol. The first-order valence-corrected chi connectivity index (χ1v) is 13.4. The largest absolute Gasteiger partial charge is 0.458 e. The van der Waals surface area contributed by atoms with Crippen LogP contribution in [0.5, 0.6) is 0 Å². The lowest BCUT2D eigenvalue weighted by Gasteiger charge is -2.61. The molecule has 38 heavy (non-hydrogen) atoms. The molecule has 0 amide bonds. The van der Waals surface area contributed by atoms with E-state index in [2.05, 4.69) is 0 Å². The van der Waals surface area contributed by atoms with Gasteiger partial charge in [0.25, 0.3) is 0 Å². The zero-order valence-corrected chi connectivity index (χ0v) is 21.7. The van der Waals surface area contributed by atoms with E-state index in [9.17, 15) is 34.5 Å². The molecule has 3 aliphatic carbocycles. The first-order valence-electron chi connectivity index (χ1n) is 13.4. The van der Waals surface area contributed by atoms with Gasteiger partial charge < -0.3 is 29.5 Å². The quantitative estimate of drug-likeness (QED) is 0.299. The number of aliphatic hydroxyl groups is 3. The minimum absolute atomic E-state index is 0.0287. The number of hydrogen-bond acceptors (Lipinski definition) is 10. The van der Waals surface area contributed by atoms with Gasteiger partial charge >= 0.3 is 11.9 Å². The third-order valence-electron chi connectivity index (χ3n) is 11.8. The van der Waals surface area contributed by atoms with Gasteiger partial charge in [0.15, 0.2) is 28.4 Å². The highest BCUT2D eigenvalue weighted by Gasteiger charge is 2.92. The summed E-state index contributed by atoms with van der Waals surface area (Å²) in [6.07, 6.45) is 2.66. The van der Waals surface area contributed by atoms with E-state index >= 15 is 0 Å². The number of hydrogen-bond donors (Lipinski definition) is 3. The monoisotopic (exact) mass is 528 g/mol. The molecule has 12 atom stereocenters.